The third-order valence-corrected chi connectivity index (χ3v) is 1.99. The standard InChI is InChI=1S/C12H14O5/c1-9(14)16-5-6-17-12-7-11(15-2)4-3-10(12)8-13/h3-4,7-8H,5-6H2,1-2H3. The molecule has 0 unspecified atom stereocenters. The lowest BCUT2D eigenvalue weighted by atomic mass is 10.2. The van der Waals surface area contributed by atoms with Gasteiger partial charge in [0.05, 0.1) is 12.7 Å². The molecule has 0 saturated carbocycles. The molecule has 1 aromatic carbocycles. The maximum Gasteiger partial charge on any atom is 0.302 e. The van der Waals surface area contributed by atoms with Crippen LogP contribution < -0.4 is 9.47 Å². The molecule has 0 aliphatic heterocycles. The van der Waals surface area contributed by atoms with E-state index in [1.165, 1.54) is 14.0 Å². The molecule has 0 radical (unpaired) electrons. The number of hydrogen-bond acceptors (Lipinski definition) is 5. The number of benzene rings is 1. The molecule has 0 amide bonds. The number of aldehydes is 1. The van der Waals surface area contributed by atoms with Crippen LogP contribution >= 0.6 is 0 Å². The third-order valence-electron chi connectivity index (χ3n) is 1.99. The van der Waals surface area contributed by atoms with Crippen molar-refractivity contribution in [2.24, 2.45) is 0 Å². The summed E-state index contributed by atoms with van der Waals surface area (Å²) in [5.74, 6) is 0.638. The smallest absolute Gasteiger partial charge is 0.302 e. The highest BCUT2D eigenvalue weighted by molar-refractivity contribution is 5.79. The van der Waals surface area contributed by atoms with E-state index in [0.717, 1.165) is 0 Å². The van der Waals surface area contributed by atoms with Crippen LogP contribution in [-0.4, -0.2) is 32.6 Å². The lowest BCUT2D eigenvalue weighted by molar-refractivity contribution is -0.141. The molecule has 0 bridgehead atoms. The zero-order valence-corrected chi connectivity index (χ0v) is 9.76. The first-order valence-corrected chi connectivity index (χ1v) is 5.06. The highest BCUT2D eigenvalue weighted by Crippen LogP contribution is 2.23. The van der Waals surface area contributed by atoms with Gasteiger partial charge >= 0.3 is 5.97 Å². The maximum atomic E-state index is 10.8. The highest BCUT2D eigenvalue weighted by Gasteiger charge is 2.05. The predicted octanol–water partition coefficient (Wildman–Crippen LogP) is 1.45. The molecule has 5 heteroatoms. The Balaban J connectivity index is 2.61. The molecule has 0 aromatic heterocycles. The van der Waals surface area contributed by atoms with Crippen LogP contribution in [0.3, 0.4) is 0 Å². The van der Waals surface area contributed by atoms with E-state index in [-0.39, 0.29) is 19.2 Å². The van der Waals surface area contributed by atoms with Crippen molar-refractivity contribution in [3.05, 3.63) is 23.8 Å². The van der Waals surface area contributed by atoms with Gasteiger partial charge in [0, 0.05) is 13.0 Å². The molecule has 5 nitrogen and oxygen atoms in total. The normalized spacial score (nSPS) is 9.53. The van der Waals surface area contributed by atoms with Crippen molar-refractivity contribution in [2.75, 3.05) is 20.3 Å². The quantitative estimate of drug-likeness (QED) is 0.426. The van der Waals surface area contributed by atoms with Crippen LogP contribution in [0.1, 0.15) is 17.3 Å². The molecular formula is C12H14O5. The summed E-state index contributed by atoms with van der Waals surface area (Å²) >= 11 is 0. The van der Waals surface area contributed by atoms with E-state index in [4.69, 9.17) is 14.2 Å². The molecule has 0 N–H and O–H groups in total. The molecular weight excluding hydrogens is 224 g/mol. The summed E-state index contributed by atoms with van der Waals surface area (Å²) in [5, 5.41) is 0. The average Bonchev–Trinajstić information content (AvgIpc) is 2.34. The Morgan fingerprint density at radius 2 is 2.12 bits per heavy atom. The predicted molar refractivity (Wildman–Crippen MR) is 60.5 cm³/mol. The Labute approximate surface area is 99.3 Å². The van der Waals surface area contributed by atoms with Gasteiger partial charge in [0.2, 0.25) is 0 Å². The minimum Gasteiger partial charge on any atom is -0.497 e. The maximum absolute atomic E-state index is 10.8. The third kappa shape index (κ3) is 4.14. The molecule has 92 valence electrons. The lowest BCUT2D eigenvalue weighted by Gasteiger charge is -2.09. The van der Waals surface area contributed by atoms with Crippen LogP contribution in [0.4, 0.5) is 0 Å². The van der Waals surface area contributed by atoms with E-state index in [1.807, 2.05) is 0 Å². The summed E-state index contributed by atoms with van der Waals surface area (Å²) in [5.41, 5.74) is 0.425. The minimum atomic E-state index is -0.366. The molecule has 17 heavy (non-hydrogen) atoms. The number of esters is 1. The summed E-state index contributed by atoms with van der Waals surface area (Å²) in [6, 6.07) is 4.88. The zero-order chi connectivity index (χ0) is 12.7. The minimum absolute atomic E-state index is 0.144. The van der Waals surface area contributed by atoms with E-state index < -0.39 is 0 Å². The summed E-state index contributed by atoms with van der Waals surface area (Å²) < 4.78 is 15.1. The van der Waals surface area contributed by atoms with Gasteiger partial charge in [-0.25, -0.2) is 0 Å². The fourth-order valence-corrected chi connectivity index (χ4v) is 1.20. The van der Waals surface area contributed by atoms with E-state index in [1.54, 1.807) is 18.2 Å². The molecule has 0 fully saturated rings. The number of methoxy groups -OCH3 is 1. The van der Waals surface area contributed by atoms with Gasteiger partial charge in [-0.2, -0.15) is 0 Å². The van der Waals surface area contributed by atoms with Gasteiger partial charge in [0.1, 0.15) is 24.7 Å². The number of rotatable bonds is 6. The molecule has 1 rings (SSSR count). The summed E-state index contributed by atoms with van der Waals surface area (Å²) in [6.07, 6.45) is 0.695. The number of hydrogen-bond donors (Lipinski definition) is 0. The monoisotopic (exact) mass is 238 g/mol. The van der Waals surface area contributed by atoms with Crippen molar-refractivity contribution >= 4 is 12.3 Å². The first kappa shape index (κ1) is 13.0. The average molecular weight is 238 g/mol. The first-order chi connectivity index (χ1) is 8.17. The van der Waals surface area contributed by atoms with Crippen molar-refractivity contribution in [3.63, 3.8) is 0 Å². The largest absolute Gasteiger partial charge is 0.497 e. The van der Waals surface area contributed by atoms with Crippen molar-refractivity contribution in [1.29, 1.82) is 0 Å². The molecule has 1 aromatic rings. The fourth-order valence-electron chi connectivity index (χ4n) is 1.20. The van der Waals surface area contributed by atoms with E-state index >= 15 is 0 Å². The summed E-state index contributed by atoms with van der Waals surface area (Å²) in [4.78, 5) is 21.3. The van der Waals surface area contributed by atoms with Crippen LogP contribution in [0.5, 0.6) is 11.5 Å². The van der Waals surface area contributed by atoms with Crippen LogP contribution in [0.25, 0.3) is 0 Å². The van der Waals surface area contributed by atoms with Crippen LogP contribution in [-0.2, 0) is 9.53 Å². The Morgan fingerprint density at radius 3 is 2.71 bits per heavy atom. The van der Waals surface area contributed by atoms with E-state index in [9.17, 15) is 9.59 Å². The molecule has 0 atom stereocenters. The topological polar surface area (TPSA) is 61.8 Å². The molecule has 0 heterocycles. The van der Waals surface area contributed by atoms with Crippen molar-refractivity contribution in [1.82, 2.24) is 0 Å². The second kappa shape index (κ2) is 6.52. The zero-order valence-electron chi connectivity index (χ0n) is 9.76. The number of carbonyl (C=O) groups is 2. The Bertz CT molecular complexity index is 400. The van der Waals surface area contributed by atoms with Gasteiger partial charge in [0.15, 0.2) is 6.29 Å². The van der Waals surface area contributed by atoms with Gasteiger partial charge in [-0.1, -0.05) is 0 Å². The molecule has 0 saturated heterocycles. The van der Waals surface area contributed by atoms with Crippen LogP contribution in [0, 0.1) is 0 Å². The molecule has 0 aliphatic rings. The van der Waals surface area contributed by atoms with E-state index in [0.29, 0.717) is 23.3 Å². The van der Waals surface area contributed by atoms with Gasteiger partial charge in [-0.3, -0.25) is 9.59 Å². The summed E-state index contributed by atoms with van der Waals surface area (Å²) in [7, 11) is 1.53. The second-order valence-electron chi connectivity index (χ2n) is 3.21. The molecule has 0 spiro atoms. The van der Waals surface area contributed by atoms with Gasteiger partial charge < -0.3 is 14.2 Å². The second-order valence-corrected chi connectivity index (χ2v) is 3.21. The summed E-state index contributed by atoms with van der Waals surface area (Å²) in [6.45, 7) is 1.65. The van der Waals surface area contributed by atoms with E-state index in [2.05, 4.69) is 0 Å². The van der Waals surface area contributed by atoms with Crippen LogP contribution in [0.15, 0.2) is 18.2 Å². The van der Waals surface area contributed by atoms with Crippen molar-refractivity contribution < 1.29 is 23.8 Å². The Hall–Kier alpha value is -2.04. The van der Waals surface area contributed by atoms with Gasteiger partial charge in [-0.15, -0.1) is 0 Å². The lowest BCUT2D eigenvalue weighted by Crippen LogP contribution is -2.10. The van der Waals surface area contributed by atoms with Gasteiger partial charge in [-0.05, 0) is 12.1 Å². The Morgan fingerprint density at radius 1 is 1.35 bits per heavy atom. The number of ether oxygens (including phenoxy) is 3. The SMILES string of the molecule is COc1ccc(C=O)c(OCCOC(C)=O)c1. The fraction of sp³-hybridized carbons (Fsp3) is 0.333. The van der Waals surface area contributed by atoms with Crippen LogP contribution in [0.2, 0.25) is 0 Å². The Kier molecular flexibility index (Phi) is 5.00. The molecule has 0 aliphatic carbocycles. The first-order valence-electron chi connectivity index (χ1n) is 5.06. The van der Waals surface area contributed by atoms with Crippen molar-refractivity contribution in [2.45, 2.75) is 6.92 Å². The number of carbonyl (C=O) groups excluding carboxylic acids is 2. The highest BCUT2D eigenvalue weighted by atomic mass is 16.6. The van der Waals surface area contributed by atoms with Crippen molar-refractivity contribution in [3.8, 4) is 11.5 Å². The van der Waals surface area contributed by atoms with Gasteiger partial charge in [0.25, 0.3) is 0 Å².